The second-order valence-corrected chi connectivity index (χ2v) is 9.57. The minimum absolute atomic E-state index is 0.0332. The average Bonchev–Trinajstić information content (AvgIpc) is 3.41. The summed E-state index contributed by atoms with van der Waals surface area (Å²) in [5, 5.41) is 18.2. The molecule has 0 bridgehead atoms. The topological polar surface area (TPSA) is 122 Å². The third kappa shape index (κ3) is 4.09. The third-order valence-electron chi connectivity index (χ3n) is 6.34. The SMILES string of the molecule is Cc1nn2c(=O)c(C(=O)NC3CC3)c(O)n(CC(C)C)c2c1C=CC(=O)N1CCc2cnccc21. The molecule has 0 spiro atoms. The summed E-state index contributed by atoms with van der Waals surface area (Å²) in [5.74, 6) is -1.08. The lowest BCUT2D eigenvalue weighted by Gasteiger charge is -2.17. The normalized spacial score (nSPS) is 15.4. The standard InChI is InChI=1S/C25H28N6O4/c1-14(2)13-30-23-18(6-7-20(32)29-11-9-16-12-26-10-8-19(16)29)15(3)28-31(23)25(35)21(24(30)34)22(33)27-17-4-5-17/h6-8,10,12,14,17,34H,4-5,9,11,13H2,1-3H3,(H,27,33). The van der Waals surface area contributed by atoms with Crippen LogP contribution in [-0.4, -0.2) is 48.7 Å². The molecule has 182 valence electrons. The van der Waals surface area contributed by atoms with Crippen LogP contribution in [-0.2, 0) is 17.8 Å². The van der Waals surface area contributed by atoms with Crippen molar-refractivity contribution in [3.05, 3.63) is 57.3 Å². The van der Waals surface area contributed by atoms with Gasteiger partial charge in [0.1, 0.15) is 5.65 Å². The maximum absolute atomic E-state index is 13.2. The van der Waals surface area contributed by atoms with Crippen LogP contribution >= 0.6 is 0 Å². The van der Waals surface area contributed by atoms with Gasteiger partial charge >= 0.3 is 0 Å². The van der Waals surface area contributed by atoms with Gasteiger partial charge in [-0.25, -0.2) is 0 Å². The van der Waals surface area contributed by atoms with Crippen LogP contribution in [0.25, 0.3) is 11.7 Å². The summed E-state index contributed by atoms with van der Waals surface area (Å²) < 4.78 is 2.69. The van der Waals surface area contributed by atoms with Crippen molar-refractivity contribution >= 4 is 29.2 Å². The lowest BCUT2D eigenvalue weighted by atomic mass is 10.1. The molecule has 0 atom stereocenters. The van der Waals surface area contributed by atoms with Crippen molar-refractivity contribution < 1.29 is 14.7 Å². The Morgan fingerprint density at radius 1 is 1.31 bits per heavy atom. The Kier molecular flexibility index (Phi) is 5.66. The van der Waals surface area contributed by atoms with Gasteiger partial charge in [-0.1, -0.05) is 13.8 Å². The molecule has 35 heavy (non-hydrogen) atoms. The highest BCUT2D eigenvalue weighted by molar-refractivity contribution is 6.05. The number of aryl methyl sites for hydroxylation is 1. The fourth-order valence-corrected chi connectivity index (χ4v) is 4.48. The van der Waals surface area contributed by atoms with Crippen molar-refractivity contribution in [1.29, 1.82) is 0 Å². The highest BCUT2D eigenvalue weighted by Crippen LogP contribution is 2.28. The van der Waals surface area contributed by atoms with Crippen molar-refractivity contribution in [2.24, 2.45) is 5.92 Å². The minimum Gasteiger partial charge on any atom is -0.494 e. The number of amides is 2. The first-order chi connectivity index (χ1) is 16.8. The van der Waals surface area contributed by atoms with E-state index in [0.29, 0.717) is 30.0 Å². The van der Waals surface area contributed by atoms with E-state index in [0.717, 1.165) is 35.0 Å². The van der Waals surface area contributed by atoms with Crippen molar-refractivity contribution in [2.75, 3.05) is 11.4 Å². The Morgan fingerprint density at radius 2 is 2.09 bits per heavy atom. The van der Waals surface area contributed by atoms with Crippen LogP contribution in [0.1, 0.15) is 53.9 Å². The van der Waals surface area contributed by atoms with Crippen molar-refractivity contribution in [3.63, 3.8) is 0 Å². The fraction of sp³-hybridized carbons (Fsp3) is 0.400. The number of carbonyl (C=O) groups excluding carboxylic acids is 2. The van der Waals surface area contributed by atoms with Crippen molar-refractivity contribution in [3.8, 4) is 5.88 Å². The molecule has 1 aliphatic heterocycles. The molecular formula is C25H28N6O4. The second-order valence-electron chi connectivity index (χ2n) is 9.57. The predicted octanol–water partition coefficient (Wildman–Crippen LogP) is 2.06. The Labute approximate surface area is 201 Å². The number of nitrogens with one attached hydrogen (secondary N) is 1. The van der Waals surface area contributed by atoms with Crippen LogP contribution in [0.5, 0.6) is 5.88 Å². The number of aromatic nitrogens is 4. The van der Waals surface area contributed by atoms with E-state index in [9.17, 15) is 19.5 Å². The molecule has 1 fully saturated rings. The summed E-state index contributed by atoms with van der Waals surface area (Å²) in [6.07, 6.45) is 8.97. The van der Waals surface area contributed by atoms with Gasteiger partial charge in [-0.05, 0) is 49.8 Å². The van der Waals surface area contributed by atoms with Gasteiger partial charge < -0.3 is 15.3 Å². The van der Waals surface area contributed by atoms with Crippen LogP contribution < -0.4 is 15.8 Å². The molecule has 1 aliphatic carbocycles. The lowest BCUT2D eigenvalue weighted by Crippen LogP contribution is -2.34. The van der Waals surface area contributed by atoms with Gasteiger partial charge in [0.25, 0.3) is 17.4 Å². The monoisotopic (exact) mass is 476 g/mol. The Morgan fingerprint density at radius 3 is 2.80 bits per heavy atom. The first-order valence-corrected chi connectivity index (χ1v) is 11.8. The van der Waals surface area contributed by atoms with Crippen LogP contribution in [0, 0.1) is 12.8 Å². The van der Waals surface area contributed by atoms with Crippen LogP contribution in [0.4, 0.5) is 5.69 Å². The maximum Gasteiger partial charge on any atom is 0.291 e. The van der Waals surface area contributed by atoms with Gasteiger partial charge in [-0.2, -0.15) is 9.61 Å². The van der Waals surface area contributed by atoms with Gasteiger partial charge in [0.05, 0.1) is 11.4 Å². The number of anilines is 1. The third-order valence-corrected chi connectivity index (χ3v) is 6.34. The van der Waals surface area contributed by atoms with Crippen LogP contribution in [0.3, 0.4) is 0 Å². The molecule has 3 aromatic heterocycles. The van der Waals surface area contributed by atoms with E-state index >= 15 is 0 Å². The zero-order chi connectivity index (χ0) is 24.9. The molecule has 1 saturated carbocycles. The number of nitrogens with zero attached hydrogens (tertiary/aromatic N) is 5. The largest absolute Gasteiger partial charge is 0.494 e. The molecule has 2 N–H and O–H groups in total. The Balaban J connectivity index is 1.58. The molecule has 5 rings (SSSR count). The number of hydrogen-bond donors (Lipinski definition) is 2. The van der Waals surface area contributed by atoms with E-state index in [1.54, 1.807) is 30.3 Å². The summed E-state index contributed by atoms with van der Waals surface area (Å²) in [4.78, 5) is 44.8. The number of hydrogen-bond acceptors (Lipinski definition) is 6. The van der Waals surface area contributed by atoms with E-state index in [1.165, 1.54) is 10.6 Å². The zero-order valence-electron chi connectivity index (χ0n) is 20.0. The molecule has 0 radical (unpaired) electrons. The summed E-state index contributed by atoms with van der Waals surface area (Å²) in [6.45, 7) is 6.59. The number of pyridine rings is 1. The van der Waals surface area contributed by atoms with Gasteiger partial charge in [-0.3, -0.25) is 23.9 Å². The van der Waals surface area contributed by atoms with Crippen molar-refractivity contribution in [1.82, 2.24) is 24.5 Å². The molecule has 0 aromatic carbocycles. The van der Waals surface area contributed by atoms with E-state index in [4.69, 9.17) is 0 Å². The molecule has 10 nitrogen and oxygen atoms in total. The molecule has 10 heteroatoms. The average molecular weight is 477 g/mol. The number of aromatic hydroxyl groups is 1. The summed E-state index contributed by atoms with van der Waals surface area (Å²) >= 11 is 0. The summed E-state index contributed by atoms with van der Waals surface area (Å²) in [6, 6.07) is 1.85. The first kappa shape index (κ1) is 22.8. The molecule has 0 unspecified atom stereocenters. The number of carbonyl (C=O) groups is 2. The number of fused-ring (bicyclic) bond motifs is 2. The predicted molar refractivity (Wildman–Crippen MR) is 131 cm³/mol. The van der Waals surface area contributed by atoms with Gasteiger partial charge in [0.2, 0.25) is 5.88 Å². The summed E-state index contributed by atoms with van der Waals surface area (Å²) in [5.41, 5.74) is 2.24. The smallest absolute Gasteiger partial charge is 0.291 e. The Hall–Kier alpha value is -3.95. The van der Waals surface area contributed by atoms with E-state index < -0.39 is 17.3 Å². The summed E-state index contributed by atoms with van der Waals surface area (Å²) in [7, 11) is 0. The van der Waals surface area contributed by atoms with Gasteiger partial charge in [0.15, 0.2) is 5.56 Å². The van der Waals surface area contributed by atoms with Gasteiger partial charge in [0, 0.05) is 43.2 Å². The van der Waals surface area contributed by atoms with E-state index in [1.807, 2.05) is 19.9 Å². The minimum atomic E-state index is -0.689. The first-order valence-electron chi connectivity index (χ1n) is 11.8. The quantitative estimate of drug-likeness (QED) is 0.525. The van der Waals surface area contributed by atoms with E-state index in [2.05, 4.69) is 15.4 Å². The zero-order valence-corrected chi connectivity index (χ0v) is 20.0. The second kappa shape index (κ2) is 8.68. The van der Waals surface area contributed by atoms with E-state index in [-0.39, 0.29) is 23.4 Å². The molecule has 0 saturated heterocycles. The van der Waals surface area contributed by atoms with Gasteiger partial charge in [-0.15, -0.1) is 0 Å². The highest BCUT2D eigenvalue weighted by atomic mass is 16.3. The highest BCUT2D eigenvalue weighted by Gasteiger charge is 2.30. The molecule has 2 aliphatic rings. The molecule has 2 amide bonds. The maximum atomic E-state index is 13.2. The Bertz CT molecular complexity index is 1430. The fourth-order valence-electron chi connectivity index (χ4n) is 4.48. The molecular weight excluding hydrogens is 448 g/mol. The molecule has 4 heterocycles. The molecule has 3 aromatic rings. The van der Waals surface area contributed by atoms with Crippen molar-refractivity contribution in [2.45, 2.75) is 52.6 Å². The lowest BCUT2D eigenvalue weighted by molar-refractivity contribution is -0.114. The van der Waals surface area contributed by atoms with Crippen LogP contribution in [0.15, 0.2) is 29.3 Å². The van der Waals surface area contributed by atoms with Crippen LogP contribution in [0.2, 0.25) is 0 Å². The number of rotatable bonds is 6.